The Morgan fingerprint density at radius 3 is 2.61 bits per heavy atom. The van der Waals surface area contributed by atoms with Crippen molar-refractivity contribution in [2.75, 3.05) is 6.61 Å². The Morgan fingerprint density at radius 1 is 1.33 bits per heavy atom. The Kier molecular flexibility index (Phi) is 4.04. The average molecular weight is 253 g/mol. The van der Waals surface area contributed by atoms with Crippen LogP contribution in [0, 0.1) is 0 Å². The number of aromatic carboxylic acids is 1. The van der Waals surface area contributed by atoms with Gasteiger partial charge in [0.05, 0.1) is 13.2 Å². The predicted molar refractivity (Wildman–Crippen MR) is 65.4 cm³/mol. The number of hydrogen-bond donors (Lipinski definition) is 3. The smallest absolute Gasteiger partial charge is 0.371 e. The molecule has 0 aromatic carbocycles. The topological polar surface area (TPSA) is 82.7 Å². The van der Waals surface area contributed by atoms with Crippen molar-refractivity contribution >= 4 is 5.97 Å². The van der Waals surface area contributed by atoms with Crippen LogP contribution in [-0.2, 0) is 6.54 Å². The Labute approximate surface area is 106 Å². The fourth-order valence-corrected chi connectivity index (χ4v) is 2.48. The van der Waals surface area contributed by atoms with Gasteiger partial charge in [0.1, 0.15) is 5.76 Å². The highest BCUT2D eigenvalue weighted by atomic mass is 16.4. The maximum Gasteiger partial charge on any atom is 0.371 e. The SMILES string of the molecule is O=C(O)c1ccc(CNC2(CO)CCCCC2)o1. The minimum Gasteiger partial charge on any atom is -0.475 e. The summed E-state index contributed by atoms with van der Waals surface area (Å²) in [5, 5.41) is 21.6. The van der Waals surface area contributed by atoms with Gasteiger partial charge in [0.2, 0.25) is 5.76 Å². The first-order valence-electron chi connectivity index (χ1n) is 6.33. The van der Waals surface area contributed by atoms with Crippen molar-refractivity contribution in [3.05, 3.63) is 23.7 Å². The van der Waals surface area contributed by atoms with Crippen LogP contribution in [0.25, 0.3) is 0 Å². The number of aliphatic hydroxyl groups excluding tert-OH is 1. The van der Waals surface area contributed by atoms with Gasteiger partial charge in [-0.1, -0.05) is 19.3 Å². The minimum absolute atomic E-state index is 0.0477. The van der Waals surface area contributed by atoms with Gasteiger partial charge >= 0.3 is 5.97 Å². The van der Waals surface area contributed by atoms with Gasteiger partial charge in [-0.2, -0.15) is 0 Å². The molecule has 1 aliphatic rings. The lowest BCUT2D eigenvalue weighted by molar-refractivity contribution is 0.0658. The van der Waals surface area contributed by atoms with Crippen LogP contribution in [0.3, 0.4) is 0 Å². The lowest BCUT2D eigenvalue weighted by Gasteiger charge is -2.36. The Hall–Kier alpha value is -1.33. The first kappa shape index (κ1) is 13.1. The van der Waals surface area contributed by atoms with Crippen LogP contribution in [0.5, 0.6) is 0 Å². The van der Waals surface area contributed by atoms with E-state index in [1.807, 2.05) is 0 Å². The lowest BCUT2D eigenvalue weighted by atomic mass is 9.82. The molecule has 1 heterocycles. The summed E-state index contributed by atoms with van der Waals surface area (Å²) in [5.41, 5.74) is -0.228. The number of rotatable bonds is 5. The van der Waals surface area contributed by atoms with Gasteiger partial charge in [-0.15, -0.1) is 0 Å². The number of carboxylic acids is 1. The van der Waals surface area contributed by atoms with Crippen LogP contribution in [0.4, 0.5) is 0 Å². The first-order chi connectivity index (χ1) is 8.65. The predicted octanol–water partition coefficient (Wildman–Crippen LogP) is 1.76. The van der Waals surface area contributed by atoms with Crippen LogP contribution >= 0.6 is 0 Å². The van der Waals surface area contributed by atoms with Crippen LogP contribution in [0.1, 0.15) is 48.4 Å². The summed E-state index contributed by atoms with van der Waals surface area (Å²) in [6, 6.07) is 3.11. The monoisotopic (exact) mass is 253 g/mol. The zero-order chi connectivity index (χ0) is 13.0. The molecule has 0 aliphatic heterocycles. The molecule has 1 fully saturated rings. The molecule has 0 spiro atoms. The van der Waals surface area contributed by atoms with Crippen molar-refractivity contribution in [3.8, 4) is 0 Å². The third-order valence-corrected chi connectivity index (χ3v) is 3.62. The van der Waals surface area contributed by atoms with E-state index in [0.717, 1.165) is 25.7 Å². The molecule has 1 aliphatic carbocycles. The Bertz CT molecular complexity index is 407. The molecule has 5 nitrogen and oxygen atoms in total. The summed E-state index contributed by atoms with van der Waals surface area (Å²) < 4.78 is 5.18. The van der Waals surface area contributed by atoms with E-state index in [0.29, 0.717) is 12.3 Å². The van der Waals surface area contributed by atoms with E-state index in [2.05, 4.69) is 5.32 Å². The standard InChI is InChI=1S/C13H19NO4/c15-9-13(6-2-1-3-7-13)14-8-10-4-5-11(18-10)12(16)17/h4-5,14-15H,1-3,6-9H2,(H,16,17). The Morgan fingerprint density at radius 2 is 2.06 bits per heavy atom. The highest BCUT2D eigenvalue weighted by molar-refractivity contribution is 5.84. The molecular formula is C13H19NO4. The summed E-state index contributed by atoms with van der Waals surface area (Å²) in [6.07, 6.45) is 5.36. The van der Waals surface area contributed by atoms with E-state index in [9.17, 15) is 9.90 Å². The quantitative estimate of drug-likeness (QED) is 0.744. The van der Waals surface area contributed by atoms with E-state index >= 15 is 0 Å². The zero-order valence-corrected chi connectivity index (χ0v) is 10.3. The summed E-state index contributed by atoms with van der Waals surface area (Å²) in [6.45, 7) is 0.563. The molecule has 100 valence electrons. The molecular weight excluding hydrogens is 234 g/mol. The molecule has 0 saturated heterocycles. The molecule has 5 heteroatoms. The highest BCUT2D eigenvalue weighted by Crippen LogP contribution is 2.28. The maximum atomic E-state index is 10.7. The molecule has 18 heavy (non-hydrogen) atoms. The van der Waals surface area contributed by atoms with Gasteiger partial charge in [0, 0.05) is 5.54 Å². The summed E-state index contributed by atoms with van der Waals surface area (Å²) in [4.78, 5) is 10.7. The van der Waals surface area contributed by atoms with Gasteiger partial charge in [0.15, 0.2) is 0 Å². The van der Waals surface area contributed by atoms with E-state index in [-0.39, 0.29) is 17.9 Å². The number of hydrogen-bond acceptors (Lipinski definition) is 4. The first-order valence-corrected chi connectivity index (χ1v) is 6.33. The number of carboxylic acid groups (broad SMARTS) is 1. The minimum atomic E-state index is -1.06. The number of carbonyl (C=O) groups is 1. The summed E-state index contributed by atoms with van der Waals surface area (Å²) >= 11 is 0. The summed E-state index contributed by atoms with van der Waals surface area (Å²) in [5.74, 6) is -0.518. The van der Waals surface area contributed by atoms with Crippen molar-refractivity contribution in [1.29, 1.82) is 0 Å². The number of nitrogens with one attached hydrogen (secondary N) is 1. The van der Waals surface area contributed by atoms with E-state index < -0.39 is 5.97 Å². The molecule has 1 saturated carbocycles. The van der Waals surface area contributed by atoms with Crippen molar-refractivity contribution in [1.82, 2.24) is 5.32 Å². The Balaban J connectivity index is 1.94. The van der Waals surface area contributed by atoms with Gasteiger partial charge in [-0.25, -0.2) is 4.79 Å². The molecule has 2 rings (SSSR count). The molecule has 0 bridgehead atoms. The van der Waals surface area contributed by atoms with Crippen molar-refractivity contribution < 1.29 is 19.4 Å². The van der Waals surface area contributed by atoms with Crippen LogP contribution in [0.15, 0.2) is 16.5 Å². The normalized spacial score (nSPS) is 18.7. The molecule has 1 aromatic rings. The van der Waals surface area contributed by atoms with Crippen LogP contribution in [0.2, 0.25) is 0 Å². The summed E-state index contributed by atoms with van der Waals surface area (Å²) in [7, 11) is 0. The molecule has 0 atom stereocenters. The maximum absolute atomic E-state index is 10.7. The highest BCUT2D eigenvalue weighted by Gasteiger charge is 2.30. The van der Waals surface area contributed by atoms with Crippen molar-refractivity contribution in [2.24, 2.45) is 0 Å². The van der Waals surface area contributed by atoms with Gasteiger partial charge in [-0.05, 0) is 25.0 Å². The fourth-order valence-electron chi connectivity index (χ4n) is 2.48. The van der Waals surface area contributed by atoms with Crippen LogP contribution in [-0.4, -0.2) is 28.3 Å². The largest absolute Gasteiger partial charge is 0.475 e. The van der Waals surface area contributed by atoms with E-state index in [1.165, 1.54) is 12.5 Å². The zero-order valence-electron chi connectivity index (χ0n) is 10.3. The second kappa shape index (κ2) is 5.54. The van der Waals surface area contributed by atoms with Gasteiger partial charge < -0.3 is 19.9 Å². The third kappa shape index (κ3) is 2.91. The van der Waals surface area contributed by atoms with E-state index in [4.69, 9.17) is 9.52 Å². The molecule has 3 N–H and O–H groups in total. The van der Waals surface area contributed by atoms with Gasteiger partial charge in [-0.3, -0.25) is 0 Å². The molecule has 0 unspecified atom stereocenters. The lowest BCUT2D eigenvalue weighted by Crippen LogP contribution is -2.49. The second-order valence-corrected chi connectivity index (χ2v) is 4.92. The van der Waals surface area contributed by atoms with E-state index in [1.54, 1.807) is 6.07 Å². The fraction of sp³-hybridized carbons (Fsp3) is 0.615. The number of furan rings is 1. The molecule has 0 radical (unpaired) electrons. The van der Waals surface area contributed by atoms with Crippen molar-refractivity contribution in [2.45, 2.75) is 44.2 Å². The second-order valence-electron chi connectivity index (χ2n) is 4.92. The van der Waals surface area contributed by atoms with Gasteiger partial charge in [0.25, 0.3) is 0 Å². The van der Waals surface area contributed by atoms with Crippen LogP contribution < -0.4 is 5.32 Å². The molecule has 1 aromatic heterocycles. The average Bonchev–Trinajstić information content (AvgIpc) is 2.87. The number of aliphatic hydroxyl groups is 1. The molecule has 0 amide bonds. The van der Waals surface area contributed by atoms with Crippen molar-refractivity contribution in [3.63, 3.8) is 0 Å². The third-order valence-electron chi connectivity index (χ3n) is 3.62.